The fourth-order valence-corrected chi connectivity index (χ4v) is 4.08. The van der Waals surface area contributed by atoms with Crippen molar-refractivity contribution in [1.29, 1.82) is 0 Å². The number of rotatable bonds is 4. The summed E-state index contributed by atoms with van der Waals surface area (Å²) in [5.74, 6) is -0.339. The van der Waals surface area contributed by atoms with Gasteiger partial charge in [-0.3, -0.25) is 0 Å². The van der Waals surface area contributed by atoms with Gasteiger partial charge in [0.1, 0.15) is 5.01 Å². The summed E-state index contributed by atoms with van der Waals surface area (Å²) in [6, 6.07) is 7.52. The van der Waals surface area contributed by atoms with Crippen molar-refractivity contribution in [1.82, 2.24) is 4.98 Å². The van der Waals surface area contributed by atoms with Gasteiger partial charge in [0.15, 0.2) is 0 Å². The molecule has 0 spiro atoms. The van der Waals surface area contributed by atoms with Crippen LogP contribution in [0, 0.1) is 0 Å². The Balaban J connectivity index is 2.00. The highest BCUT2D eigenvalue weighted by molar-refractivity contribution is 7.09. The quantitative estimate of drug-likeness (QED) is 0.871. The number of aromatic nitrogens is 1. The van der Waals surface area contributed by atoms with Gasteiger partial charge >= 0.3 is 5.97 Å². The maximum atomic E-state index is 11.6. The molecule has 1 aromatic carbocycles. The van der Waals surface area contributed by atoms with Gasteiger partial charge in [0.25, 0.3) is 0 Å². The number of hydrogen-bond acceptors (Lipinski definition) is 6. The van der Waals surface area contributed by atoms with Gasteiger partial charge in [0, 0.05) is 18.6 Å². The van der Waals surface area contributed by atoms with E-state index in [-0.39, 0.29) is 18.0 Å². The zero-order valence-electron chi connectivity index (χ0n) is 12.9. The van der Waals surface area contributed by atoms with E-state index in [1.807, 2.05) is 17.5 Å². The van der Waals surface area contributed by atoms with Crippen LogP contribution in [0.4, 0.5) is 0 Å². The van der Waals surface area contributed by atoms with E-state index in [9.17, 15) is 9.90 Å². The number of esters is 1. The number of thiazole rings is 1. The minimum Gasteiger partial charge on any atom is -0.465 e. The molecule has 1 aliphatic heterocycles. The molecule has 0 aliphatic carbocycles. The second-order valence-electron chi connectivity index (χ2n) is 5.57. The largest absolute Gasteiger partial charge is 0.465 e. The zero-order chi connectivity index (χ0) is 16.3. The molecule has 5 nitrogen and oxygen atoms in total. The highest BCUT2D eigenvalue weighted by Gasteiger charge is 2.39. The first-order valence-corrected chi connectivity index (χ1v) is 8.40. The van der Waals surface area contributed by atoms with E-state index in [0.29, 0.717) is 24.5 Å². The van der Waals surface area contributed by atoms with Crippen LogP contribution in [0.15, 0.2) is 29.6 Å². The number of carbonyl (C=O) groups is 1. The summed E-state index contributed by atoms with van der Waals surface area (Å²) >= 11 is 1.57. The molecule has 1 N–H and O–H groups in total. The van der Waals surface area contributed by atoms with Crippen LogP contribution in [0.3, 0.4) is 0 Å². The topological polar surface area (TPSA) is 68.7 Å². The first kappa shape index (κ1) is 16.1. The first-order valence-electron chi connectivity index (χ1n) is 7.52. The van der Waals surface area contributed by atoms with Crippen molar-refractivity contribution in [3.05, 3.63) is 51.5 Å². The van der Waals surface area contributed by atoms with Crippen LogP contribution in [-0.2, 0) is 21.5 Å². The maximum Gasteiger partial charge on any atom is 0.337 e. The number of aliphatic hydroxyl groups is 1. The van der Waals surface area contributed by atoms with Crippen molar-refractivity contribution in [3.8, 4) is 0 Å². The monoisotopic (exact) mass is 333 g/mol. The number of aliphatic hydroxyl groups excluding tert-OH is 1. The van der Waals surface area contributed by atoms with Crippen LogP contribution in [0.2, 0.25) is 0 Å². The Hall–Kier alpha value is -1.76. The molecule has 3 rings (SSSR count). The summed E-state index contributed by atoms with van der Waals surface area (Å²) in [4.78, 5) is 16.2. The third kappa shape index (κ3) is 3.02. The molecule has 0 bridgehead atoms. The number of benzene rings is 1. The summed E-state index contributed by atoms with van der Waals surface area (Å²) < 4.78 is 10.3. The summed E-state index contributed by atoms with van der Waals surface area (Å²) in [7, 11) is 1.38. The fourth-order valence-electron chi connectivity index (χ4n) is 2.99. The Morgan fingerprint density at radius 2 is 2.04 bits per heavy atom. The van der Waals surface area contributed by atoms with Crippen molar-refractivity contribution >= 4 is 17.3 Å². The third-order valence-electron chi connectivity index (χ3n) is 4.33. The van der Waals surface area contributed by atoms with Gasteiger partial charge in [-0.1, -0.05) is 12.1 Å². The van der Waals surface area contributed by atoms with Crippen molar-refractivity contribution in [2.24, 2.45) is 0 Å². The molecule has 0 atom stereocenters. The lowest BCUT2D eigenvalue weighted by atomic mass is 9.74. The molecule has 0 amide bonds. The van der Waals surface area contributed by atoms with E-state index in [1.54, 1.807) is 23.5 Å². The summed E-state index contributed by atoms with van der Waals surface area (Å²) in [5, 5.41) is 12.2. The van der Waals surface area contributed by atoms with Crippen LogP contribution in [0.1, 0.15) is 39.5 Å². The second-order valence-corrected chi connectivity index (χ2v) is 6.42. The molecule has 0 saturated carbocycles. The van der Waals surface area contributed by atoms with E-state index in [4.69, 9.17) is 9.47 Å². The van der Waals surface area contributed by atoms with Crippen LogP contribution < -0.4 is 0 Å². The van der Waals surface area contributed by atoms with Gasteiger partial charge in [0.05, 0.1) is 30.4 Å². The lowest BCUT2D eigenvalue weighted by molar-refractivity contribution is 0.0597. The Kier molecular flexibility index (Phi) is 4.75. The molecular weight excluding hydrogens is 314 g/mol. The molecule has 1 aliphatic rings. The average molecular weight is 333 g/mol. The second kappa shape index (κ2) is 6.78. The molecule has 23 heavy (non-hydrogen) atoms. The molecular formula is C17H19NO4S. The van der Waals surface area contributed by atoms with Crippen LogP contribution in [0.25, 0.3) is 0 Å². The van der Waals surface area contributed by atoms with E-state index in [0.717, 1.165) is 23.4 Å². The Morgan fingerprint density at radius 3 is 2.61 bits per heavy atom. The van der Waals surface area contributed by atoms with E-state index in [2.05, 4.69) is 4.98 Å². The number of methoxy groups -OCH3 is 1. The highest BCUT2D eigenvalue weighted by Crippen LogP contribution is 2.42. The number of carbonyl (C=O) groups excluding carboxylic acids is 1. The van der Waals surface area contributed by atoms with Gasteiger partial charge in [-0.15, -0.1) is 11.3 Å². The Labute approximate surface area is 138 Å². The SMILES string of the molecule is COC(=O)c1ccc(C2(c3nc(CO)cs3)CCOCC2)cc1. The van der Waals surface area contributed by atoms with Crippen LogP contribution in [0.5, 0.6) is 0 Å². The Bertz CT molecular complexity index is 674. The minimum atomic E-state index is -0.339. The normalized spacial score (nSPS) is 17.0. The van der Waals surface area contributed by atoms with Gasteiger partial charge in [-0.25, -0.2) is 9.78 Å². The molecule has 6 heteroatoms. The molecule has 1 fully saturated rings. The molecule has 2 aromatic rings. The summed E-state index contributed by atoms with van der Waals surface area (Å²) in [5.41, 5.74) is 2.13. The average Bonchev–Trinajstić information content (AvgIpc) is 3.11. The van der Waals surface area contributed by atoms with Crippen molar-refractivity contribution in [2.45, 2.75) is 24.9 Å². The number of ether oxygens (including phenoxy) is 2. The van der Waals surface area contributed by atoms with E-state index >= 15 is 0 Å². The standard InChI is InChI=1S/C17H19NO4S/c1-21-15(20)12-2-4-13(5-3-12)17(6-8-22-9-7-17)16-18-14(10-19)11-23-16/h2-5,11,19H,6-10H2,1H3. The third-order valence-corrected chi connectivity index (χ3v) is 5.42. The summed E-state index contributed by atoms with van der Waals surface area (Å²) in [6.07, 6.45) is 1.67. The first-order chi connectivity index (χ1) is 11.2. The fraction of sp³-hybridized carbons (Fsp3) is 0.412. The molecule has 2 heterocycles. The number of nitrogens with zero attached hydrogens (tertiary/aromatic N) is 1. The van der Waals surface area contributed by atoms with Crippen molar-refractivity contribution in [3.63, 3.8) is 0 Å². The number of hydrogen-bond donors (Lipinski definition) is 1. The van der Waals surface area contributed by atoms with Crippen LogP contribution in [-0.4, -0.2) is 36.4 Å². The van der Waals surface area contributed by atoms with Crippen molar-refractivity contribution < 1.29 is 19.4 Å². The predicted octanol–water partition coefficient (Wildman–Crippen LogP) is 2.52. The molecule has 1 saturated heterocycles. The van der Waals surface area contributed by atoms with E-state index in [1.165, 1.54) is 7.11 Å². The lowest BCUT2D eigenvalue weighted by Gasteiger charge is -2.36. The zero-order valence-corrected chi connectivity index (χ0v) is 13.8. The van der Waals surface area contributed by atoms with E-state index < -0.39 is 0 Å². The molecule has 1 aromatic heterocycles. The molecule has 0 radical (unpaired) electrons. The predicted molar refractivity (Wildman–Crippen MR) is 86.7 cm³/mol. The summed E-state index contributed by atoms with van der Waals surface area (Å²) in [6.45, 7) is 1.30. The van der Waals surface area contributed by atoms with Gasteiger partial charge in [-0.2, -0.15) is 0 Å². The smallest absolute Gasteiger partial charge is 0.337 e. The van der Waals surface area contributed by atoms with Crippen molar-refractivity contribution in [2.75, 3.05) is 20.3 Å². The minimum absolute atomic E-state index is 0.0512. The van der Waals surface area contributed by atoms with Gasteiger partial charge in [-0.05, 0) is 30.5 Å². The lowest BCUT2D eigenvalue weighted by Crippen LogP contribution is -2.35. The van der Waals surface area contributed by atoms with Gasteiger partial charge < -0.3 is 14.6 Å². The highest BCUT2D eigenvalue weighted by atomic mass is 32.1. The van der Waals surface area contributed by atoms with Crippen LogP contribution >= 0.6 is 11.3 Å². The molecule has 122 valence electrons. The Morgan fingerprint density at radius 1 is 1.35 bits per heavy atom. The maximum absolute atomic E-state index is 11.6. The van der Waals surface area contributed by atoms with Gasteiger partial charge in [0.2, 0.25) is 0 Å². The molecule has 0 unspecified atom stereocenters.